The third kappa shape index (κ3) is 10.9. The van der Waals surface area contributed by atoms with Crippen LogP contribution >= 0.6 is 0 Å². The molecule has 1 atom stereocenters. The Labute approximate surface area is 198 Å². The van der Waals surface area contributed by atoms with Crippen LogP contribution in [-0.2, 0) is 35.1 Å². The molecule has 1 fully saturated rings. The Morgan fingerprint density at radius 2 is 1.76 bits per heavy atom. The van der Waals surface area contributed by atoms with Crippen molar-refractivity contribution in [2.75, 3.05) is 33.0 Å². The Balaban J connectivity index is 0.00000182. The minimum atomic E-state index is -0.947. The topological polar surface area (TPSA) is 189 Å². The second-order valence-corrected chi connectivity index (χ2v) is 7.61. The minimum absolute atomic E-state index is 0.00891. The molecule has 1 aromatic rings. The number of carbonyl (C=O) groups excluding carboxylic acids is 4. The summed E-state index contributed by atoms with van der Waals surface area (Å²) in [6.45, 7) is 1.86. The Hall–Kier alpha value is -3.51. The van der Waals surface area contributed by atoms with Gasteiger partial charge in [0.05, 0.1) is 25.1 Å². The smallest absolute Gasteiger partial charge is 0.311 e. The molecule has 34 heavy (non-hydrogen) atoms. The van der Waals surface area contributed by atoms with Gasteiger partial charge in [-0.05, 0) is 24.9 Å². The molecule has 0 bridgehead atoms. The van der Waals surface area contributed by atoms with E-state index in [0.29, 0.717) is 19.3 Å². The van der Waals surface area contributed by atoms with Crippen LogP contribution in [0.2, 0.25) is 0 Å². The zero-order chi connectivity index (χ0) is 25.4. The first-order chi connectivity index (χ1) is 16.3. The Kier molecular flexibility index (Phi) is 12.9. The summed E-state index contributed by atoms with van der Waals surface area (Å²) in [6.07, 6.45) is 1.66. The van der Waals surface area contributed by atoms with Crippen molar-refractivity contribution in [2.45, 2.75) is 32.2 Å². The number of ether oxygens (including phenoxy) is 1. The van der Waals surface area contributed by atoms with Gasteiger partial charge in [-0.2, -0.15) is 0 Å². The number of benzene rings is 1. The molecule has 1 aliphatic rings. The molecule has 1 unspecified atom stereocenters. The minimum Gasteiger partial charge on any atom is -0.481 e. The van der Waals surface area contributed by atoms with E-state index >= 15 is 0 Å². The Morgan fingerprint density at radius 3 is 2.32 bits per heavy atom. The molecule has 2 rings (SSSR count). The van der Waals surface area contributed by atoms with Crippen LogP contribution in [0.25, 0.3) is 0 Å². The lowest BCUT2D eigenvalue weighted by atomic mass is 10.1. The molecule has 12 nitrogen and oxygen atoms in total. The molecule has 0 heterocycles. The van der Waals surface area contributed by atoms with Crippen LogP contribution in [0.1, 0.15) is 25.3 Å². The molecule has 188 valence electrons. The number of carbonyl (C=O) groups is 5. The molecule has 1 aromatic carbocycles. The zero-order valence-electron chi connectivity index (χ0n) is 19.2. The number of nitrogens with two attached hydrogens (primary N) is 1. The van der Waals surface area contributed by atoms with Gasteiger partial charge in [-0.1, -0.05) is 37.3 Å². The number of amides is 4. The molecular weight excluding hydrogens is 446 g/mol. The van der Waals surface area contributed by atoms with Gasteiger partial charge < -0.3 is 36.8 Å². The molecule has 0 aromatic heterocycles. The molecule has 12 heteroatoms. The maximum absolute atomic E-state index is 12.5. The summed E-state index contributed by atoms with van der Waals surface area (Å²) >= 11 is 0. The fraction of sp³-hybridized carbons (Fsp3) is 0.500. The highest BCUT2D eigenvalue weighted by atomic mass is 16.5. The lowest BCUT2D eigenvalue weighted by molar-refractivity contribution is -0.146. The van der Waals surface area contributed by atoms with E-state index < -0.39 is 35.1 Å². The van der Waals surface area contributed by atoms with Crippen LogP contribution in [0, 0.1) is 5.41 Å². The first kappa shape index (κ1) is 28.5. The molecular formula is C22H33N5O7. The third-order valence-electron chi connectivity index (χ3n) is 4.76. The number of nitrogens with one attached hydrogen (secondary N) is 4. The predicted molar refractivity (Wildman–Crippen MR) is 122 cm³/mol. The normalized spacial score (nSPS) is 13.8. The quantitative estimate of drug-likeness (QED) is 0.105. The second kappa shape index (κ2) is 15.3. The Morgan fingerprint density at radius 1 is 1.12 bits per heavy atom. The van der Waals surface area contributed by atoms with Crippen molar-refractivity contribution in [3.05, 3.63) is 35.9 Å². The van der Waals surface area contributed by atoms with Crippen molar-refractivity contribution in [1.29, 1.82) is 0 Å². The largest absolute Gasteiger partial charge is 0.481 e. The predicted octanol–water partition coefficient (Wildman–Crippen LogP) is -1.50. The lowest BCUT2D eigenvalue weighted by Crippen LogP contribution is -2.51. The highest BCUT2D eigenvalue weighted by molar-refractivity contribution is 5.91. The summed E-state index contributed by atoms with van der Waals surface area (Å²) in [5.41, 5.74) is 4.80. The molecule has 1 saturated carbocycles. The summed E-state index contributed by atoms with van der Waals surface area (Å²) in [7, 11) is 0. The number of hydrogen-bond acceptors (Lipinski definition) is 7. The molecule has 1 aliphatic carbocycles. The van der Waals surface area contributed by atoms with E-state index in [9.17, 15) is 24.0 Å². The maximum atomic E-state index is 12.5. The average Bonchev–Trinajstić information content (AvgIpc) is 3.61. The molecule has 0 aliphatic heterocycles. The van der Waals surface area contributed by atoms with E-state index in [4.69, 9.17) is 15.6 Å². The van der Waals surface area contributed by atoms with Crippen LogP contribution in [0.15, 0.2) is 30.3 Å². The summed E-state index contributed by atoms with van der Waals surface area (Å²) < 4.78 is 5.20. The molecule has 0 saturated heterocycles. The van der Waals surface area contributed by atoms with Gasteiger partial charge in [0, 0.05) is 6.42 Å². The van der Waals surface area contributed by atoms with Crippen molar-refractivity contribution in [3.63, 3.8) is 0 Å². The summed E-state index contributed by atoms with van der Waals surface area (Å²) in [5.74, 6) is -2.56. The van der Waals surface area contributed by atoms with E-state index in [2.05, 4.69) is 21.3 Å². The van der Waals surface area contributed by atoms with Crippen molar-refractivity contribution in [2.24, 2.45) is 11.1 Å². The van der Waals surface area contributed by atoms with Crippen molar-refractivity contribution in [3.8, 4) is 0 Å². The lowest BCUT2D eigenvalue weighted by Gasteiger charge is -2.18. The number of carboxylic acid groups (broad SMARTS) is 1. The summed E-state index contributed by atoms with van der Waals surface area (Å²) in [5, 5.41) is 18.7. The monoisotopic (exact) mass is 479 g/mol. The number of rotatable bonds is 14. The first-order valence-electron chi connectivity index (χ1n) is 10.8. The molecule has 0 radical (unpaired) electrons. The SMILES string of the molecule is CCN.O=CNCC(=O)NC(Cc1ccccc1)C(=O)NCC(=O)NCOCC1(C(=O)O)CC1. The number of aliphatic carboxylic acids is 1. The fourth-order valence-electron chi connectivity index (χ4n) is 2.74. The van der Waals surface area contributed by atoms with Gasteiger partial charge in [-0.3, -0.25) is 24.0 Å². The standard InChI is InChI=1S/C20H26N4O7.C2H7N/c25-12-21-9-17(27)24-15(8-14-4-2-1-3-5-14)18(28)22-10-16(26)23-13-31-11-20(6-7-20)19(29)30;1-2-3/h1-5,12,15H,6-11,13H2,(H,21,25)(H,22,28)(H,23,26)(H,24,27)(H,29,30);2-3H2,1H3. The van der Waals surface area contributed by atoms with Crippen LogP contribution < -0.4 is 27.0 Å². The van der Waals surface area contributed by atoms with Crippen LogP contribution in [0.5, 0.6) is 0 Å². The highest BCUT2D eigenvalue weighted by Gasteiger charge is 2.50. The van der Waals surface area contributed by atoms with Gasteiger partial charge in [0.2, 0.25) is 24.1 Å². The molecule has 4 amide bonds. The van der Waals surface area contributed by atoms with Gasteiger partial charge in [-0.25, -0.2) is 0 Å². The Bertz CT molecular complexity index is 815. The van der Waals surface area contributed by atoms with Gasteiger partial charge in [-0.15, -0.1) is 0 Å². The van der Waals surface area contributed by atoms with E-state index in [-0.39, 0.29) is 32.8 Å². The van der Waals surface area contributed by atoms with Crippen molar-refractivity contribution < 1.29 is 33.8 Å². The van der Waals surface area contributed by atoms with Crippen molar-refractivity contribution in [1.82, 2.24) is 21.3 Å². The average molecular weight is 480 g/mol. The molecule has 7 N–H and O–H groups in total. The van der Waals surface area contributed by atoms with E-state index in [1.165, 1.54) is 0 Å². The van der Waals surface area contributed by atoms with E-state index in [1.54, 1.807) is 24.3 Å². The maximum Gasteiger partial charge on any atom is 0.311 e. The van der Waals surface area contributed by atoms with Crippen molar-refractivity contribution >= 4 is 30.1 Å². The van der Waals surface area contributed by atoms with Crippen LogP contribution in [0.3, 0.4) is 0 Å². The van der Waals surface area contributed by atoms with Gasteiger partial charge >= 0.3 is 5.97 Å². The molecule has 0 spiro atoms. The van der Waals surface area contributed by atoms with E-state index in [0.717, 1.165) is 12.1 Å². The first-order valence-corrected chi connectivity index (χ1v) is 10.8. The second-order valence-electron chi connectivity index (χ2n) is 7.61. The third-order valence-corrected chi connectivity index (χ3v) is 4.76. The summed E-state index contributed by atoms with van der Waals surface area (Å²) in [4.78, 5) is 57.7. The van der Waals surface area contributed by atoms with Gasteiger partial charge in [0.1, 0.15) is 12.8 Å². The zero-order valence-corrected chi connectivity index (χ0v) is 19.2. The van der Waals surface area contributed by atoms with Gasteiger partial charge in [0.15, 0.2) is 0 Å². The van der Waals surface area contributed by atoms with E-state index in [1.807, 2.05) is 13.0 Å². The highest BCUT2D eigenvalue weighted by Crippen LogP contribution is 2.45. The van der Waals surface area contributed by atoms with Crippen LogP contribution in [0.4, 0.5) is 0 Å². The summed E-state index contributed by atoms with van der Waals surface area (Å²) in [6, 6.07) is 8.05. The fourth-order valence-corrected chi connectivity index (χ4v) is 2.74. The van der Waals surface area contributed by atoms with Gasteiger partial charge in [0.25, 0.3) is 0 Å². The van der Waals surface area contributed by atoms with Crippen LogP contribution in [-0.4, -0.2) is 74.2 Å². The number of carboxylic acids is 1. The number of hydrogen-bond donors (Lipinski definition) is 6.